The molecule has 0 aliphatic heterocycles. The maximum atomic E-state index is 5.20. The molecular formula is C18H21NO. The fraction of sp³-hybridized carbons (Fsp3) is 0.333. The number of hydrogen-bond acceptors (Lipinski definition) is 2. The standard InChI is InChI=1S/C18H21NO/c1-13-3-5-14(6-4-13)18(15-7-8-15)19-16-9-11-17(20-2)12-10-16/h3-6,9-12,15,18-19H,7-8H2,1-2H3. The van der Waals surface area contributed by atoms with Gasteiger partial charge in [0.05, 0.1) is 13.2 Å². The van der Waals surface area contributed by atoms with Crippen LogP contribution < -0.4 is 10.1 Å². The van der Waals surface area contributed by atoms with Gasteiger partial charge in [0.15, 0.2) is 0 Å². The van der Waals surface area contributed by atoms with Crippen molar-refractivity contribution in [2.75, 3.05) is 12.4 Å². The minimum absolute atomic E-state index is 0.420. The third-order valence-corrected chi connectivity index (χ3v) is 3.94. The molecule has 0 aromatic heterocycles. The Morgan fingerprint density at radius 1 is 1.00 bits per heavy atom. The van der Waals surface area contributed by atoms with E-state index in [1.165, 1.54) is 24.0 Å². The molecule has 0 heterocycles. The zero-order valence-corrected chi connectivity index (χ0v) is 12.1. The van der Waals surface area contributed by atoms with E-state index in [2.05, 4.69) is 48.6 Å². The summed E-state index contributed by atoms with van der Waals surface area (Å²) < 4.78 is 5.20. The van der Waals surface area contributed by atoms with Crippen molar-refractivity contribution in [2.45, 2.75) is 25.8 Å². The molecule has 1 fully saturated rings. The second-order valence-corrected chi connectivity index (χ2v) is 5.60. The highest BCUT2D eigenvalue weighted by molar-refractivity contribution is 5.49. The second kappa shape index (κ2) is 5.58. The Hall–Kier alpha value is -1.96. The first-order valence-corrected chi connectivity index (χ1v) is 7.23. The molecule has 0 bridgehead atoms. The fourth-order valence-corrected chi connectivity index (χ4v) is 2.54. The van der Waals surface area contributed by atoms with Crippen LogP contribution in [-0.2, 0) is 0 Å². The second-order valence-electron chi connectivity index (χ2n) is 5.60. The van der Waals surface area contributed by atoms with E-state index >= 15 is 0 Å². The van der Waals surface area contributed by atoms with Gasteiger partial charge in [-0.2, -0.15) is 0 Å². The Balaban J connectivity index is 1.78. The first-order valence-electron chi connectivity index (χ1n) is 7.23. The third-order valence-electron chi connectivity index (χ3n) is 3.94. The highest BCUT2D eigenvalue weighted by Crippen LogP contribution is 2.43. The number of anilines is 1. The largest absolute Gasteiger partial charge is 0.497 e. The molecule has 0 amide bonds. The van der Waals surface area contributed by atoms with Crippen LogP contribution >= 0.6 is 0 Å². The lowest BCUT2D eigenvalue weighted by Crippen LogP contribution is -2.12. The lowest BCUT2D eigenvalue weighted by atomic mass is 10.0. The molecular weight excluding hydrogens is 246 g/mol. The first-order chi connectivity index (χ1) is 9.76. The maximum absolute atomic E-state index is 5.20. The minimum atomic E-state index is 0.420. The molecule has 1 saturated carbocycles. The minimum Gasteiger partial charge on any atom is -0.497 e. The average Bonchev–Trinajstić information content (AvgIpc) is 3.31. The zero-order chi connectivity index (χ0) is 13.9. The maximum Gasteiger partial charge on any atom is 0.119 e. The Kier molecular flexibility index (Phi) is 3.64. The van der Waals surface area contributed by atoms with E-state index < -0.39 is 0 Å². The Morgan fingerprint density at radius 2 is 1.65 bits per heavy atom. The number of hydrogen-bond donors (Lipinski definition) is 1. The smallest absolute Gasteiger partial charge is 0.119 e. The SMILES string of the molecule is COc1ccc(NC(c2ccc(C)cc2)C2CC2)cc1. The lowest BCUT2D eigenvalue weighted by Gasteiger charge is -2.20. The van der Waals surface area contributed by atoms with Crippen LogP contribution in [0.25, 0.3) is 0 Å². The summed E-state index contributed by atoms with van der Waals surface area (Å²) in [6.07, 6.45) is 2.64. The topological polar surface area (TPSA) is 21.3 Å². The Bertz CT molecular complexity index is 555. The Morgan fingerprint density at radius 3 is 2.20 bits per heavy atom. The van der Waals surface area contributed by atoms with E-state index in [9.17, 15) is 0 Å². The number of aryl methyl sites for hydroxylation is 1. The average molecular weight is 267 g/mol. The van der Waals surface area contributed by atoms with Crippen molar-refractivity contribution in [3.63, 3.8) is 0 Å². The van der Waals surface area contributed by atoms with Gasteiger partial charge in [-0.25, -0.2) is 0 Å². The number of ether oxygens (including phenoxy) is 1. The molecule has 1 aliphatic rings. The molecule has 2 heteroatoms. The van der Waals surface area contributed by atoms with Gasteiger partial charge in [0, 0.05) is 5.69 Å². The van der Waals surface area contributed by atoms with Crippen LogP contribution in [0.1, 0.15) is 30.0 Å². The van der Waals surface area contributed by atoms with Gasteiger partial charge in [-0.15, -0.1) is 0 Å². The van der Waals surface area contributed by atoms with E-state index in [1.54, 1.807) is 7.11 Å². The van der Waals surface area contributed by atoms with E-state index in [1.807, 2.05) is 12.1 Å². The summed E-state index contributed by atoms with van der Waals surface area (Å²) in [5.41, 5.74) is 3.85. The predicted octanol–water partition coefficient (Wildman–Crippen LogP) is 4.57. The molecule has 1 N–H and O–H groups in total. The van der Waals surface area contributed by atoms with Crippen LogP contribution in [0.2, 0.25) is 0 Å². The molecule has 0 saturated heterocycles. The van der Waals surface area contributed by atoms with Gasteiger partial charge >= 0.3 is 0 Å². The number of methoxy groups -OCH3 is 1. The van der Waals surface area contributed by atoms with Crippen LogP contribution in [0.5, 0.6) is 5.75 Å². The van der Waals surface area contributed by atoms with Crippen molar-refractivity contribution < 1.29 is 4.74 Å². The molecule has 1 aliphatic carbocycles. The van der Waals surface area contributed by atoms with Crippen LogP contribution in [0.4, 0.5) is 5.69 Å². The monoisotopic (exact) mass is 267 g/mol. The van der Waals surface area contributed by atoms with Crippen molar-refractivity contribution >= 4 is 5.69 Å². The first kappa shape index (κ1) is 13.0. The lowest BCUT2D eigenvalue weighted by molar-refractivity contribution is 0.415. The molecule has 20 heavy (non-hydrogen) atoms. The van der Waals surface area contributed by atoms with Gasteiger partial charge in [0.2, 0.25) is 0 Å². The van der Waals surface area contributed by atoms with Gasteiger partial charge in [-0.05, 0) is 55.5 Å². The van der Waals surface area contributed by atoms with Crippen LogP contribution in [0.15, 0.2) is 48.5 Å². The number of rotatable bonds is 5. The summed E-state index contributed by atoms with van der Waals surface area (Å²) in [4.78, 5) is 0. The molecule has 104 valence electrons. The highest BCUT2D eigenvalue weighted by atomic mass is 16.5. The molecule has 3 rings (SSSR count). The molecule has 2 aromatic rings. The highest BCUT2D eigenvalue weighted by Gasteiger charge is 2.32. The van der Waals surface area contributed by atoms with Crippen LogP contribution in [0, 0.1) is 12.8 Å². The van der Waals surface area contributed by atoms with Crippen molar-refractivity contribution in [1.29, 1.82) is 0 Å². The number of nitrogens with one attached hydrogen (secondary N) is 1. The van der Waals surface area contributed by atoms with Gasteiger partial charge < -0.3 is 10.1 Å². The van der Waals surface area contributed by atoms with E-state index in [0.29, 0.717) is 6.04 Å². The fourth-order valence-electron chi connectivity index (χ4n) is 2.54. The van der Waals surface area contributed by atoms with Gasteiger partial charge in [0.1, 0.15) is 5.75 Å². The molecule has 2 nitrogen and oxygen atoms in total. The molecule has 1 unspecified atom stereocenters. The molecule has 1 atom stereocenters. The zero-order valence-electron chi connectivity index (χ0n) is 12.1. The van der Waals surface area contributed by atoms with Crippen molar-refractivity contribution in [3.8, 4) is 5.75 Å². The summed E-state index contributed by atoms with van der Waals surface area (Å²) in [6, 6.07) is 17.5. The van der Waals surface area contributed by atoms with Crippen molar-refractivity contribution in [1.82, 2.24) is 0 Å². The third kappa shape index (κ3) is 2.96. The normalized spacial score (nSPS) is 15.7. The van der Waals surface area contributed by atoms with E-state index in [0.717, 1.165) is 17.4 Å². The summed E-state index contributed by atoms with van der Waals surface area (Å²) in [5.74, 6) is 1.66. The molecule has 2 aromatic carbocycles. The van der Waals surface area contributed by atoms with E-state index in [4.69, 9.17) is 4.74 Å². The summed E-state index contributed by atoms with van der Waals surface area (Å²) in [6.45, 7) is 2.13. The van der Waals surface area contributed by atoms with Crippen LogP contribution in [-0.4, -0.2) is 7.11 Å². The van der Waals surface area contributed by atoms with Gasteiger partial charge in [0.25, 0.3) is 0 Å². The summed E-state index contributed by atoms with van der Waals surface area (Å²) in [7, 11) is 1.70. The van der Waals surface area contributed by atoms with Crippen LogP contribution in [0.3, 0.4) is 0 Å². The van der Waals surface area contributed by atoms with Crippen molar-refractivity contribution in [2.24, 2.45) is 5.92 Å². The van der Waals surface area contributed by atoms with Gasteiger partial charge in [-0.1, -0.05) is 29.8 Å². The molecule has 0 radical (unpaired) electrons. The quantitative estimate of drug-likeness (QED) is 0.857. The predicted molar refractivity (Wildman–Crippen MR) is 83.3 cm³/mol. The Labute approximate surface area is 120 Å². The van der Waals surface area contributed by atoms with Gasteiger partial charge in [-0.3, -0.25) is 0 Å². The number of benzene rings is 2. The molecule has 0 spiro atoms. The summed E-state index contributed by atoms with van der Waals surface area (Å²) in [5, 5.41) is 3.67. The van der Waals surface area contributed by atoms with E-state index in [-0.39, 0.29) is 0 Å². The summed E-state index contributed by atoms with van der Waals surface area (Å²) >= 11 is 0. The van der Waals surface area contributed by atoms with Crippen molar-refractivity contribution in [3.05, 3.63) is 59.7 Å².